The van der Waals surface area contributed by atoms with Crippen LogP contribution in [-0.4, -0.2) is 41.1 Å². The fraction of sp³-hybridized carbons (Fsp3) is 0.0345. The first-order valence-corrected chi connectivity index (χ1v) is 15.5. The minimum absolute atomic E-state index is 0.0781. The summed E-state index contributed by atoms with van der Waals surface area (Å²) in [6.07, 6.45) is 4.97. The first-order valence-electron chi connectivity index (χ1n) is 12.3. The third-order valence-electron chi connectivity index (χ3n) is 6.06. The Labute approximate surface area is 244 Å². The molecule has 9 nitrogen and oxygen atoms in total. The molecule has 204 valence electrons. The molecule has 41 heavy (non-hydrogen) atoms. The number of nitrogens with zero attached hydrogens (tertiary/aromatic N) is 4. The second kappa shape index (κ2) is 11.2. The number of anilines is 1. The maximum absolute atomic E-state index is 13.3. The van der Waals surface area contributed by atoms with Gasteiger partial charge in [-0.25, -0.2) is 18.4 Å². The van der Waals surface area contributed by atoms with Gasteiger partial charge in [0.1, 0.15) is 5.52 Å². The summed E-state index contributed by atoms with van der Waals surface area (Å²) < 4.78 is 33.4. The molecule has 0 saturated carbocycles. The smallest absolute Gasteiger partial charge is 0.267 e. The van der Waals surface area contributed by atoms with Crippen LogP contribution in [0.25, 0.3) is 28.3 Å². The molecule has 0 spiro atoms. The highest BCUT2D eigenvalue weighted by Crippen LogP contribution is 2.36. The van der Waals surface area contributed by atoms with Crippen LogP contribution >= 0.6 is 23.1 Å². The molecule has 1 saturated heterocycles. The molecular formula is C29H21N5O4S3. The largest absolute Gasteiger partial charge is 0.355 e. The third kappa shape index (κ3) is 5.57. The van der Waals surface area contributed by atoms with Gasteiger partial charge < -0.3 is 4.52 Å². The standard InChI is InChI=1S/C29H21N5O4S3/c1-2-15-34-27(35)25(18-19-8-13-24-23(17-19)26(38-32-24)20-6-4-3-5-7-20)40-29(34)31-21-9-11-22(12-10-21)41(36,37)33-28-30-14-16-39-28/h2-14,16-18H,1,15H2,(H,30,33). The van der Waals surface area contributed by atoms with E-state index in [1.807, 2.05) is 54.6 Å². The molecule has 2 aromatic heterocycles. The van der Waals surface area contributed by atoms with Crippen LogP contribution in [0.5, 0.6) is 0 Å². The molecule has 6 rings (SSSR count). The maximum atomic E-state index is 13.3. The predicted molar refractivity (Wildman–Crippen MR) is 163 cm³/mol. The van der Waals surface area contributed by atoms with E-state index in [9.17, 15) is 13.2 Å². The molecule has 0 bridgehead atoms. The Bertz CT molecular complexity index is 1910. The van der Waals surface area contributed by atoms with E-state index in [2.05, 4.69) is 26.4 Å². The first kappa shape index (κ1) is 26.7. The quantitative estimate of drug-likeness (QED) is 0.159. The van der Waals surface area contributed by atoms with Crippen molar-refractivity contribution < 1.29 is 17.7 Å². The van der Waals surface area contributed by atoms with Gasteiger partial charge in [-0.3, -0.25) is 14.4 Å². The molecule has 3 heterocycles. The Hall–Kier alpha value is -4.52. The molecule has 1 aliphatic heterocycles. The van der Waals surface area contributed by atoms with Crippen LogP contribution < -0.4 is 4.72 Å². The molecule has 12 heteroatoms. The van der Waals surface area contributed by atoms with E-state index in [0.717, 1.165) is 22.0 Å². The van der Waals surface area contributed by atoms with E-state index in [1.54, 1.807) is 23.6 Å². The number of hydrogen-bond acceptors (Lipinski definition) is 9. The Morgan fingerprint density at radius 1 is 1.07 bits per heavy atom. The van der Waals surface area contributed by atoms with Crippen LogP contribution in [0.15, 0.2) is 116 Å². The summed E-state index contributed by atoms with van der Waals surface area (Å²) in [5, 5.41) is 7.45. The van der Waals surface area contributed by atoms with E-state index in [4.69, 9.17) is 4.52 Å². The van der Waals surface area contributed by atoms with Gasteiger partial charge in [0, 0.05) is 23.7 Å². The zero-order valence-corrected chi connectivity index (χ0v) is 23.7. The Kier molecular flexibility index (Phi) is 7.26. The van der Waals surface area contributed by atoms with Crippen molar-refractivity contribution in [2.24, 2.45) is 4.99 Å². The van der Waals surface area contributed by atoms with Gasteiger partial charge in [0.05, 0.1) is 20.9 Å². The van der Waals surface area contributed by atoms with Crippen molar-refractivity contribution in [2.45, 2.75) is 4.90 Å². The fourth-order valence-electron chi connectivity index (χ4n) is 4.14. The average molecular weight is 600 g/mol. The van der Waals surface area contributed by atoms with Crippen LogP contribution in [0, 0.1) is 0 Å². The molecule has 0 aliphatic carbocycles. The average Bonchev–Trinajstić information content (AvgIpc) is 3.71. The van der Waals surface area contributed by atoms with Gasteiger partial charge in [-0.1, -0.05) is 47.6 Å². The summed E-state index contributed by atoms with van der Waals surface area (Å²) in [4.78, 5) is 24.0. The molecule has 0 atom stereocenters. The highest BCUT2D eigenvalue weighted by atomic mass is 32.2. The minimum atomic E-state index is -3.78. The summed E-state index contributed by atoms with van der Waals surface area (Å²) in [5.41, 5.74) is 2.95. The molecule has 0 radical (unpaired) electrons. The number of amidine groups is 1. The SMILES string of the molecule is C=CCN1C(=O)C(=Cc2ccc3noc(-c4ccccc4)c3c2)SC1=Nc1ccc(S(=O)(=O)Nc2nccs2)cc1. The minimum Gasteiger partial charge on any atom is -0.355 e. The Morgan fingerprint density at radius 2 is 1.88 bits per heavy atom. The highest BCUT2D eigenvalue weighted by molar-refractivity contribution is 8.18. The number of thioether (sulfide) groups is 1. The number of hydrogen-bond donors (Lipinski definition) is 1. The van der Waals surface area contributed by atoms with Gasteiger partial charge in [0.25, 0.3) is 15.9 Å². The lowest BCUT2D eigenvalue weighted by atomic mass is 10.1. The number of aromatic nitrogens is 2. The second-order valence-electron chi connectivity index (χ2n) is 8.80. The number of benzene rings is 3. The van der Waals surface area contributed by atoms with Gasteiger partial charge in [-0.2, -0.15) is 0 Å². The molecule has 0 unspecified atom stereocenters. The van der Waals surface area contributed by atoms with Gasteiger partial charge in [-0.05, 0) is 59.8 Å². The van der Waals surface area contributed by atoms with Gasteiger partial charge >= 0.3 is 0 Å². The van der Waals surface area contributed by atoms with Crippen LogP contribution in [0.4, 0.5) is 10.8 Å². The zero-order valence-electron chi connectivity index (χ0n) is 21.3. The van der Waals surface area contributed by atoms with Crippen molar-refractivity contribution in [1.82, 2.24) is 15.0 Å². The second-order valence-corrected chi connectivity index (χ2v) is 12.4. The van der Waals surface area contributed by atoms with E-state index < -0.39 is 10.0 Å². The maximum Gasteiger partial charge on any atom is 0.267 e. The van der Waals surface area contributed by atoms with Crippen molar-refractivity contribution in [3.63, 3.8) is 0 Å². The molecular weight excluding hydrogens is 579 g/mol. The van der Waals surface area contributed by atoms with E-state index >= 15 is 0 Å². The lowest BCUT2D eigenvalue weighted by molar-refractivity contribution is -0.121. The number of thiazole rings is 1. The molecule has 5 aromatic rings. The number of sulfonamides is 1. The Balaban J connectivity index is 1.28. The number of amides is 1. The number of aliphatic imine (C=N–C) groups is 1. The topological polar surface area (TPSA) is 118 Å². The van der Waals surface area contributed by atoms with Crippen LogP contribution in [0.2, 0.25) is 0 Å². The summed E-state index contributed by atoms with van der Waals surface area (Å²) in [7, 11) is -3.78. The number of nitrogens with one attached hydrogen (secondary N) is 1. The number of rotatable bonds is 8. The molecule has 1 aliphatic rings. The lowest BCUT2D eigenvalue weighted by Gasteiger charge is -2.12. The van der Waals surface area contributed by atoms with Crippen molar-refractivity contribution in [3.8, 4) is 11.3 Å². The summed E-state index contributed by atoms with van der Waals surface area (Å²) in [6, 6.07) is 21.5. The van der Waals surface area contributed by atoms with Crippen molar-refractivity contribution in [2.75, 3.05) is 11.3 Å². The third-order valence-corrected chi connectivity index (χ3v) is 9.24. The molecule has 3 aromatic carbocycles. The van der Waals surface area contributed by atoms with Crippen molar-refractivity contribution in [3.05, 3.63) is 107 Å². The normalized spacial score (nSPS) is 15.7. The van der Waals surface area contributed by atoms with E-state index in [0.29, 0.717) is 21.5 Å². The highest BCUT2D eigenvalue weighted by Gasteiger charge is 2.32. The van der Waals surface area contributed by atoms with Crippen molar-refractivity contribution >= 4 is 72.0 Å². The fourth-order valence-corrected chi connectivity index (χ4v) is 6.93. The number of fused-ring (bicyclic) bond motifs is 1. The van der Waals surface area contributed by atoms with Crippen LogP contribution in [0.3, 0.4) is 0 Å². The lowest BCUT2D eigenvalue weighted by Crippen LogP contribution is -2.29. The monoisotopic (exact) mass is 599 g/mol. The molecule has 1 amide bonds. The zero-order chi connectivity index (χ0) is 28.4. The van der Waals surface area contributed by atoms with Crippen LogP contribution in [-0.2, 0) is 14.8 Å². The van der Waals surface area contributed by atoms with Gasteiger partial charge in [0.2, 0.25) is 0 Å². The molecule has 1 N–H and O–H groups in total. The first-order chi connectivity index (χ1) is 19.9. The number of carbonyl (C=O) groups is 1. The van der Waals surface area contributed by atoms with Gasteiger partial charge in [-0.15, -0.1) is 17.9 Å². The van der Waals surface area contributed by atoms with E-state index in [-0.39, 0.29) is 22.5 Å². The summed E-state index contributed by atoms with van der Waals surface area (Å²) in [5.74, 6) is 0.461. The van der Waals surface area contributed by atoms with Crippen molar-refractivity contribution in [1.29, 1.82) is 0 Å². The molecule has 1 fully saturated rings. The Morgan fingerprint density at radius 3 is 2.61 bits per heavy atom. The summed E-state index contributed by atoms with van der Waals surface area (Å²) >= 11 is 2.43. The van der Waals surface area contributed by atoms with Gasteiger partial charge in [0.15, 0.2) is 16.1 Å². The summed E-state index contributed by atoms with van der Waals surface area (Å²) in [6.45, 7) is 4.04. The predicted octanol–water partition coefficient (Wildman–Crippen LogP) is 6.54. The van der Waals surface area contributed by atoms with E-state index in [1.165, 1.54) is 46.3 Å². The number of carbonyl (C=O) groups excluding carboxylic acids is 1. The van der Waals surface area contributed by atoms with Crippen LogP contribution in [0.1, 0.15) is 5.56 Å².